The van der Waals surface area contributed by atoms with Crippen molar-refractivity contribution in [2.24, 2.45) is 0 Å². The van der Waals surface area contributed by atoms with Crippen LogP contribution in [0, 0.1) is 0 Å². The second kappa shape index (κ2) is 5.95. The predicted molar refractivity (Wildman–Crippen MR) is 75.4 cm³/mol. The number of urea groups is 1. The van der Waals surface area contributed by atoms with Gasteiger partial charge in [0, 0.05) is 25.0 Å². The molecule has 110 valence electrons. The van der Waals surface area contributed by atoms with Gasteiger partial charge in [-0.2, -0.15) is 5.10 Å². The van der Waals surface area contributed by atoms with Crippen molar-refractivity contribution < 1.29 is 19.8 Å². The molecule has 1 aromatic carbocycles. The van der Waals surface area contributed by atoms with Crippen molar-refractivity contribution in [3.8, 4) is 5.75 Å². The van der Waals surface area contributed by atoms with Crippen LogP contribution in [0.3, 0.4) is 0 Å². The highest BCUT2D eigenvalue weighted by Crippen LogP contribution is 2.19. The minimum absolute atomic E-state index is 0.0569. The van der Waals surface area contributed by atoms with Gasteiger partial charge >= 0.3 is 12.0 Å². The maximum absolute atomic E-state index is 12.0. The van der Waals surface area contributed by atoms with Crippen molar-refractivity contribution >= 4 is 23.4 Å². The lowest BCUT2D eigenvalue weighted by Gasteiger charge is -2.17. The molecule has 2 rings (SSSR count). The maximum atomic E-state index is 12.0. The first-order chi connectivity index (χ1) is 9.95. The molecule has 1 aromatic heterocycles. The number of hydrogen-bond acceptors (Lipinski definition) is 4. The van der Waals surface area contributed by atoms with E-state index in [1.807, 2.05) is 0 Å². The summed E-state index contributed by atoms with van der Waals surface area (Å²) in [5, 5.41) is 24.4. The van der Waals surface area contributed by atoms with Crippen LogP contribution in [0.25, 0.3) is 0 Å². The van der Waals surface area contributed by atoms with Crippen LogP contribution in [-0.4, -0.2) is 39.0 Å². The number of aromatic hydroxyl groups is 1. The largest absolute Gasteiger partial charge is 0.508 e. The number of aromatic nitrogens is 2. The Morgan fingerprint density at radius 3 is 2.86 bits per heavy atom. The summed E-state index contributed by atoms with van der Waals surface area (Å²) in [6, 6.07) is 5.82. The SMILES string of the molecule is CN(C(=O)Nc1cnn(CC(=O)O)c1)c1cccc(O)c1. The van der Waals surface area contributed by atoms with Crippen LogP contribution in [0.2, 0.25) is 0 Å². The molecule has 0 saturated heterocycles. The maximum Gasteiger partial charge on any atom is 0.326 e. The van der Waals surface area contributed by atoms with Crippen molar-refractivity contribution in [1.29, 1.82) is 0 Å². The number of rotatable bonds is 4. The van der Waals surface area contributed by atoms with E-state index in [0.717, 1.165) is 0 Å². The van der Waals surface area contributed by atoms with Crippen molar-refractivity contribution in [2.75, 3.05) is 17.3 Å². The second-order valence-electron chi connectivity index (χ2n) is 4.33. The highest BCUT2D eigenvalue weighted by molar-refractivity contribution is 6.01. The third-order valence-electron chi connectivity index (χ3n) is 2.70. The van der Waals surface area contributed by atoms with Crippen molar-refractivity contribution in [3.05, 3.63) is 36.7 Å². The standard InChI is InChI=1S/C13H14N4O4/c1-16(10-3-2-4-11(18)5-10)13(21)15-9-6-14-17(7-9)8-12(19)20/h2-7,18H,8H2,1H3,(H,15,21)(H,19,20). The Kier molecular flexibility index (Phi) is 4.07. The van der Waals surface area contributed by atoms with Gasteiger partial charge in [-0.15, -0.1) is 0 Å². The highest BCUT2D eigenvalue weighted by Gasteiger charge is 2.12. The van der Waals surface area contributed by atoms with Crippen molar-refractivity contribution in [1.82, 2.24) is 9.78 Å². The lowest BCUT2D eigenvalue weighted by molar-refractivity contribution is -0.137. The van der Waals surface area contributed by atoms with Gasteiger partial charge in [0.15, 0.2) is 0 Å². The summed E-state index contributed by atoms with van der Waals surface area (Å²) in [6.45, 7) is -0.279. The van der Waals surface area contributed by atoms with E-state index in [0.29, 0.717) is 11.4 Å². The molecule has 0 bridgehead atoms. The molecule has 1 heterocycles. The van der Waals surface area contributed by atoms with Gasteiger partial charge < -0.3 is 15.5 Å². The number of hydrogen-bond donors (Lipinski definition) is 3. The monoisotopic (exact) mass is 290 g/mol. The number of nitrogens with zero attached hydrogens (tertiary/aromatic N) is 3. The van der Waals surface area contributed by atoms with Gasteiger partial charge in [-0.05, 0) is 12.1 Å². The topological polar surface area (TPSA) is 108 Å². The Labute approximate surface area is 120 Å². The predicted octanol–water partition coefficient (Wildman–Crippen LogP) is 1.34. The van der Waals surface area contributed by atoms with Crippen LogP contribution in [0.4, 0.5) is 16.2 Å². The molecule has 0 unspecified atom stereocenters. The summed E-state index contributed by atoms with van der Waals surface area (Å²) in [6.07, 6.45) is 2.78. The van der Waals surface area contributed by atoms with Gasteiger partial charge in [0.1, 0.15) is 12.3 Å². The van der Waals surface area contributed by atoms with E-state index >= 15 is 0 Å². The van der Waals surface area contributed by atoms with Gasteiger partial charge in [0.25, 0.3) is 0 Å². The summed E-state index contributed by atoms with van der Waals surface area (Å²) in [5.74, 6) is -0.964. The lowest BCUT2D eigenvalue weighted by atomic mass is 10.3. The van der Waals surface area contributed by atoms with E-state index < -0.39 is 12.0 Å². The first kappa shape index (κ1) is 14.4. The molecule has 21 heavy (non-hydrogen) atoms. The summed E-state index contributed by atoms with van der Waals surface area (Å²) >= 11 is 0. The Morgan fingerprint density at radius 1 is 1.43 bits per heavy atom. The number of carbonyl (C=O) groups is 2. The fourth-order valence-electron chi connectivity index (χ4n) is 1.68. The first-order valence-corrected chi connectivity index (χ1v) is 6.03. The molecular weight excluding hydrogens is 276 g/mol. The molecule has 0 spiro atoms. The van der Waals surface area contributed by atoms with Gasteiger partial charge in [0.2, 0.25) is 0 Å². The molecule has 0 aliphatic carbocycles. The molecule has 2 amide bonds. The molecule has 0 atom stereocenters. The molecule has 0 aliphatic rings. The Hall–Kier alpha value is -3.03. The molecule has 8 heteroatoms. The van der Waals surface area contributed by atoms with Crippen LogP contribution in [-0.2, 0) is 11.3 Å². The van der Waals surface area contributed by atoms with Crippen molar-refractivity contribution in [2.45, 2.75) is 6.54 Å². The average Bonchev–Trinajstić information content (AvgIpc) is 2.84. The quantitative estimate of drug-likeness (QED) is 0.787. The zero-order chi connectivity index (χ0) is 15.4. The number of carbonyl (C=O) groups excluding carboxylic acids is 1. The summed E-state index contributed by atoms with van der Waals surface area (Å²) in [7, 11) is 1.55. The van der Waals surface area contributed by atoms with Gasteiger partial charge in [-0.25, -0.2) is 4.79 Å². The molecule has 0 aliphatic heterocycles. The number of phenols is 1. The second-order valence-corrected chi connectivity index (χ2v) is 4.33. The van der Waals surface area contributed by atoms with Crippen LogP contribution >= 0.6 is 0 Å². The third kappa shape index (κ3) is 3.72. The Morgan fingerprint density at radius 2 is 2.19 bits per heavy atom. The van der Waals surface area contributed by atoms with E-state index in [1.165, 1.54) is 34.1 Å². The zero-order valence-electron chi connectivity index (χ0n) is 11.2. The molecule has 0 saturated carbocycles. The van der Waals surface area contributed by atoms with E-state index in [1.54, 1.807) is 19.2 Å². The molecule has 0 radical (unpaired) electrons. The first-order valence-electron chi connectivity index (χ1n) is 6.03. The number of phenolic OH excluding ortho intramolecular Hbond substituents is 1. The van der Waals surface area contributed by atoms with Crippen molar-refractivity contribution in [3.63, 3.8) is 0 Å². The van der Waals surface area contributed by atoms with Gasteiger partial charge in [0.05, 0.1) is 11.9 Å². The zero-order valence-corrected chi connectivity index (χ0v) is 11.2. The number of amides is 2. The van der Waals surface area contributed by atoms with E-state index in [4.69, 9.17) is 5.11 Å². The number of nitrogens with one attached hydrogen (secondary N) is 1. The smallest absolute Gasteiger partial charge is 0.326 e. The van der Waals surface area contributed by atoms with E-state index in [2.05, 4.69) is 10.4 Å². The summed E-state index contributed by atoms with van der Waals surface area (Å²) in [5.41, 5.74) is 0.902. The van der Waals surface area contributed by atoms with E-state index in [9.17, 15) is 14.7 Å². The number of aliphatic carboxylic acids is 1. The van der Waals surface area contributed by atoms with Crippen LogP contribution in [0.1, 0.15) is 0 Å². The molecular formula is C13H14N4O4. The molecule has 0 fully saturated rings. The number of benzene rings is 1. The highest BCUT2D eigenvalue weighted by atomic mass is 16.4. The van der Waals surface area contributed by atoms with Crippen LogP contribution in [0.5, 0.6) is 5.75 Å². The third-order valence-corrected chi connectivity index (χ3v) is 2.70. The summed E-state index contributed by atoms with van der Waals surface area (Å²) in [4.78, 5) is 23.9. The minimum Gasteiger partial charge on any atom is -0.508 e. The fourth-order valence-corrected chi connectivity index (χ4v) is 1.68. The summed E-state index contributed by atoms with van der Waals surface area (Å²) < 4.78 is 1.20. The minimum atomic E-state index is -1.02. The average molecular weight is 290 g/mol. The molecule has 2 aromatic rings. The van der Waals surface area contributed by atoms with Crippen LogP contribution in [0.15, 0.2) is 36.7 Å². The van der Waals surface area contributed by atoms with Gasteiger partial charge in [-0.3, -0.25) is 14.4 Å². The molecule has 8 nitrogen and oxygen atoms in total. The van der Waals surface area contributed by atoms with E-state index in [-0.39, 0.29) is 12.3 Å². The number of anilines is 2. The number of carboxylic acids is 1. The Balaban J connectivity index is 2.03. The lowest BCUT2D eigenvalue weighted by Crippen LogP contribution is -2.30. The number of carboxylic acid groups (broad SMARTS) is 1. The Bertz CT molecular complexity index is 668. The normalized spacial score (nSPS) is 10.1. The molecule has 3 N–H and O–H groups in total. The fraction of sp³-hybridized carbons (Fsp3) is 0.154. The van der Waals surface area contributed by atoms with Gasteiger partial charge in [-0.1, -0.05) is 6.07 Å². The van der Waals surface area contributed by atoms with Crippen LogP contribution < -0.4 is 10.2 Å².